The molecule has 1 amide bonds. The van der Waals surface area contributed by atoms with E-state index < -0.39 is 11.6 Å². The lowest BCUT2D eigenvalue weighted by atomic mass is 9.95. The molecule has 3 unspecified atom stereocenters. The molecule has 2 heterocycles. The molecule has 1 N–H and O–H groups in total. The first-order valence-electron chi connectivity index (χ1n) is 11.5. The third-order valence-corrected chi connectivity index (χ3v) is 6.98. The number of hydrogen-bond acceptors (Lipinski definition) is 5. The number of carboxylic acid groups (broad SMARTS) is 1. The lowest BCUT2D eigenvalue weighted by Gasteiger charge is -2.46. The molecular weight excluding hydrogens is 423 g/mol. The fourth-order valence-electron chi connectivity index (χ4n) is 5.65. The van der Waals surface area contributed by atoms with Crippen molar-refractivity contribution in [2.75, 3.05) is 13.1 Å². The van der Waals surface area contributed by atoms with E-state index in [0.717, 1.165) is 37.8 Å². The number of nitrogens with zero attached hydrogens (tertiary/aromatic N) is 6. The standard InChI is InChI=1S/C24H31FN6O2/c1-24(2,3)31(23(32)33)19-5-4-10-29(14-19)20-11-17(16-6-8-18(25)9-7-16)12-21(20)30-15-27-22(13-26)28-30/h6-9,15,17,19-21H,4-5,10-12,14H2,1-3H3,(H,32,33)/t17?,19-,20?,21?/m1/s1. The molecule has 4 rings (SSSR count). The van der Waals surface area contributed by atoms with Crippen molar-refractivity contribution >= 4 is 6.09 Å². The molecule has 8 nitrogen and oxygen atoms in total. The fourth-order valence-corrected chi connectivity index (χ4v) is 5.65. The summed E-state index contributed by atoms with van der Waals surface area (Å²) >= 11 is 0. The Labute approximate surface area is 193 Å². The molecule has 4 atom stereocenters. The van der Waals surface area contributed by atoms with Crippen LogP contribution in [0, 0.1) is 17.1 Å². The van der Waals surface area contributed by atoms with Crippen LogP contribution in [0.25, 0.3) is 0 Å². The van der Waals surface area contributed by atoms with Crippen LogP contribution in [-0.4, -0.2) is 66.5 Å². The number of piperidine rings is 1. The molecule has 2 aromatic rings. The normalized spacial score (nSPS) is 26.2. The molecule has 2 aliphatic rings. The zero-order valence-corrected chi connectivity index (χ0v) is 19.4. The van der Waals surface area contributed by atoms with Crippen molar-refractivity contribution in [2.24, 2.45) is 0 Å². The minimum atomic E-state index is -0.892. The molecule has 0 radical (unpaired) electrons. The summed E-state index contributed by atoms with van der Waals surface area (Å²) in [5.41, 5.74) is 0.596. The summed E-state index contributed by atoms with van der Waals surface area (Å²) in [5, 5.41) is 23.5. The van der Waals surface area contributed by atoms with Crippen LogP contribution in [0.3, 0.4) is 0 Å². The lowest BCUT2D eigenvalue weighted by Crippen LogP contribution is -2.58. The van der Waals surface area contributed by atoms with Gasteiger partial charge in [-0.25, -0.2) is 18.9 Å². The predicted molar refractivity (Wildman–Crippen MR) is 120 cm³/mol. The quantitative estimate of drug-likeness (QED) is 0.749. The summed E-state index contributed by atoms with van der Waals surface area (Å²) in [4.78, 5) is 20.2. The molecule has 1 aliphatic carbocycles. The first kappa shape index (κ1) is 23.2. The molecule has 1 saturated heterocycles. The number of benzene rings is 1. The lowest BCUT2D eigenvalue weighted by molar-refractivity contribution is 0.0195. The summed E-state index contributed by atoms with van der Waals surface area (Å²) in [6, 6.07) is 8.69. The number of hydrogen-bond donors (Lipinski definition) is 1. The average molecular weight is 455 g/mol. The number of halogens is 1. The second kappa shape index (κ2) is 9.10. The number of amides is 1. The summed E-state index contributed by atoms with van der Waals surface area (Å²) in [7, 11) is 0. The van der Waals surface area contributed by atoms with Gasteiger partial charge in [0.25, 0.3) is 5.82 Å². The van der Waals surface area contributed by atoms with Crippen LogP contribution < -0.4 is 0 Å². The van der Waals surface area contributed by atoms with E-state index in [1.165, 1.54) is 12.1 Å². The molecule has 0 spiro atoms. The van der Waals surface area contributed by atoms with Crippen LogP contribution in [0.1, 0.15) is 69.8 Å². The largest absolute Gasteiger partial charge is 0.465 e. The zero-order chi connectivity index (χ0) is 23.8. The van der Waals surface area contributed by atoms with Crippen LogP contribution in [0.2, 0.25) is 0 Å². The highest BCUT2D eigenvalue weighted by Gasteiger charge is 2.43. The zero-order valence-electron chi connectivity index (χ0n) is 19.4. The van der Waals surface area contributed by atoms with Crippen molar-refractivity contribution in [1.82, 2.24) is 24.6 Å². The summed E-state index contributed by atoms with van der Waals surface area (Å²) < 4.78 is 15.3. The smallest absolute Gasteiger partial charge is 0.408 e. The van der Waals surface area contributed by atoms with Gasteiger partial charge in [-0.15, -0.1) is 5.10 Å². The Bertz CT molecular complexity index is 1020. The second-order valence-electron chi connectivity index (χ2n) is 10.1. The van der Waals surface area contributed by atoms with Crippen LogP contribution >= 0.6 is 0 Å². The number of likely N-dealkylation sites (tertiary alicyclic amines) is 1. The molecule has 0 bridgehead atoms. The van der Waals surface area contributed by atoms with Gasteiger partial charge in [-0.3, -0.25) is 9.80 Å². The summed E-state index contributed by atoms with van der Waals surface area (Å²) in [6.45, 7) is 7.33. The van der Waals surface area contributed by atoms with E-state index in [0.29, 0.717) is 6.54 Å². The molecule has 1 aromatic heterocycles. The summed E-state index contributed by atoms with van der Waals surface area (Å²) in [6.07, 6.45) is 4.12. The predicted octanol–water partition coefficient (Wildman–Crippen LogP) is 4.02. The molecule has 9 heteroatoms. The van der Waals surface area contributed by atoms with Crippen molar-refractivity contribution < 1.29 is 14.3 Å². The molecule has 2 fully saturated rings. The van der Waals surface area contributed by atoms with Gasteiger partial charge in [0.2, 0.25) is 0 Å². The Morgan fingerprint density at radius 3 is 2.55 bits per heavy atom. The second-order valence-corrected chi connectivity index (χ2v) is 10.1. The Kier molecular flexibility index (Phi) is 6.39. The maximum absolute atomic E-state index is 13.5. The Morgan fingerprint density at radius 2 is 1.94 bits per heavy atom. The number of rotatable bonds is 4. The van der Waals surface area contributed by atoms with Gasteiger partial charge < -0.3 is 5.11 Å². The van der Waals surface area contributed by atoms with E-state index in [9.17, 15) is 19.6 Å². The van der Waals surface area contributed by atoms with Gasteiger partial charge in [-0.1, -0.05) is 12.1 Å². The fraction of sp³-hybridized carbons (Fsp3) is 0.583. The van der Waals surface area contributed by atoms with Crippen molar-refractivity contribution in [3.63, 3.8) is 0 Å². The van der Waals surface area contributed by atoms with E-state index in [1.54, 1.807) is 15.9 Å². The van der Waals surface area contributed by atoms with Gasteiger partial charge >= 0.3 is 6.09 Å². The van der Waals surface area contributed by atoms with E-state index in [2.05, 4.69) is 15.0 Å². The van der Waals surface area contributed by atoms with Crippen molar-refractivity contribution in [3.8, 4) is 6.07 Å². The SMILES string of the molecule is CC(C)(C)N(C(=O)O)[C@@H]1CCCN(C2CC(c3ccc(F)cc3)CC2n2cnc(C#N)n2)C1. The van der Waals surface area contributed by atoms with Gasteiger partial charge in [0.05, 0.1) is 6.04 Å². The van der Waals surface area contributed by atoms with Gasteiger partial charge in [0.1, 0.15) is 18.2 Å². The van der Waals surface area contributed by atoms with Gasteiger partial charge in [-0.05, 0) is 76.6 Å². The Balaban J connectivity index is 1.61. The van der Waals surface area contributed by atoms with E-state index in [-0.39, 0.29) is 35.7 Å². The first-order chi connectivity index (χ1) is 15.7. The maximum Gasteiger partial charge on any atom is 0.408 e. The number of aromatic nitrogens is 3. The first-order valence-corrected chi connectivity index (χ1v) is 11.5. The Morgan fingerprint density at radius 1 is 1.24 bits per heavy atom. The van der Waals surface area contributed by atoms with Crippen molar-refractivity contribution in [2.45, 2.75) is 76.0 Å². The number of nitriles is 1. The van der Waals surface area contributed by atoms with Crippen LogP contribution in [0.4, 0.5) is 9.18 Å². The highest BCUT2D eigenvalue weighted by atomic mass is 19.1. The molecule has 33 heavy (non-hydrogen) atoms. The topological polar surface area (TPSA) is 98.3 Å². The van der Waals surface area contributed by atoms with Crippen LogP contribution in [-0.2, 0) is 0 Å². The van der Waals surface area contributed by atoms with Gasteiger partial charge in [0.15, 0.2) is 0 Å². The van der Waals surface area contributed by atoms with Crippen molar-refractivity contribution in [3.05, 3.63) is 47.8 Å². The molecule has 1 aromatic carbocycles. The van der Waals surface area contributed by atoms with Gasteiger partial charge in [-0.2, -0.15) is 5.26 Å². The highest BCUT2D eigenvalue weighted by molar-refractivity contribution is 5.66. The highest BCUT2D eigenvalue weighted by Crippen LogP contribution is 2.44. The number of carbonyl (C=O) groups is 1. The summed E-state index contributed by atoms with van der Waals surface area (Å²) in [5.74, 6) is 0.101. The molecule has 1 saturated carbocycles. The van der Waals surface area contributed by atoms with E-state index in [1.807, 2.05) is 39.0 Å². The van der Waals surface area contributed by atoms with Crippen molar-refractivity contribution in [1.29, 1.82) is 5.26 Å². The monoisotopic (exact) mass is 454 g/mol. The molecular formula is C24H31FN6O2. The van der Waals surface area contributed by atoms with Gasteiger partial charge in [0, 0.05) is 24.2 Å². The maximum atomic E-state index is 13.5. The third-order valence-electron chi connectivity index (χ3n) is 6.98. The third kappa shape index (κ3) is 4.86. The average Bonchev–Trinajstić information content (AvgIpc) is 3.40. The molecule has 176 valence electrons. The van der Waals surface area contributed by atoms with E-state index >= 15 is 0 Å². The minimum absolute atomic E-state index is 0.00122. The minimum Gasteiger partial charge on any atom is -0.465 e. The van der Waals surface area contributed by atoms with Crippen LogP contribution in [0.15, 0.2) is 30.6 Å². The molecule has 1 aliphatic heterocycles. The Hall–Kier alpha value is -2.99. The van der Waals surface area contributed by atoms with Crippen LogP contribution in [0.5, 0.6) is 0 Å². The van der Waals surface area contributed by atoms with E-state index in [4.69, 9.17) is 0 Å².